The minimum absolute atomic E-state index is 0.0380. The lowest BCUT2D eigenvalue weighted by Crippen LogP contribution is -2.41. The van der Waals surface area contributed by atoms with Crippen molar-refractivity contribution in [3.8, 4) is 17.4 Å². The average molecular weight is 399 g/mol. The van der Waals surface area contributed by atoms with Gasteiger partial charge in [0, 0.05) is 31.9 Å². The molecule has 2 N–H and O–H groups in total. The van der Waals surface area contributed by atoms with Gasteiger partial charge < -0.3 is 24.8 Å². The predicted octanol–water partition coefficient (Wildman–Crippen LogP) is 3.01. The number of hydrogen-bond donors (Lipinski definition) is 2. The second-order valence-electron chi connectivity index (χ2n) is 7.17. The molecule has 2 aromatic rings. The Bertz CT molecular complexity index is 808. The molecule has 1 aromatic carbocycles. The standard InChI is InChI=1S/C22H30N4O3/c1-16(29-20-6-4-5-19(12-20)27-3)13-25-22(23-2)26-14-18-9-10-24-21(11-18)28-15-17-7-8-17/h4-6,9-12,16-17H,7-8,13-15H2,1-3H3,(H2,23,25,26). The largest absolute Gasteiger partial charge is 0.497 e. The summed E-state index contributed by atoms with van der Waals surface area (Å²) in [6.45, 7) is 4.01. The van der Waals surface area contributed by atoms with Crippen LogP contribution < -0.4 is 24.8 Å². The fourth-order valence-corrected chi connectivity index (χ4v) is 2.72. The lowest BCUT2D eigenvalue weighted by Gasteiger charge is -2.18. The number of aromatic nitrogens is 1. The Morgan fingerprint density at radius 3 is 2.79 bits per heavy atom. The predicted molar refractivity (Wildman–Crippen MR) is 114 cm³/mol. The van der Waals surface area contributed by atoms with Crippen LogP contribution in [-0.4, -0.2) is 44.4 Å². The van der Waals surface area contributed by atoms with Crippen molar-refractivity contribution >= 4 is 5.96 Å². The summed E-state index contributed by atoms with van der Waals surface area (Å²) in [4.78, 5) is 8.55. The number of ether oxygens (including phenoxy) is 3. The fourth-order valence-electron chi connectivity index (χ4n) is 2.72. The van der Waals surface area contributed by atoms with E-state index in [0.29, 0.717) is 30.8 Å². The van der Waals surface area contributed by atoms with E-state index in [0.717, 1.165) is 23.7 Å². The number of pyridine rings is 1. The van der Waals surface area contributed by atoms with Crippen LogP contribution in [0.5, 0.6) is 17.4 Å². The van der Waals surface area contributed by atoms with E-state index in [1.54, 1.807) is 20.4 Å². The maximum absolute atomic E-state index is 5.93. The number of nitrogens with one attached hydrogen (secondary N) is 2. The van der Waals surface area contributed by atoms with Gasteiger partial charge in [0.15, 0.2) is 5.96 Å². The van der Waals surface area contributed by atoms with Gasteiger partial charge in [0.1, 0.15) is 17.6 Å². The van der Waals surface area contributed by atoms with Crippen LogP contribution in [0, 0.1) is 5.92 Å². The number of benzene rings is 1. The van der Waals surface area contributed by atoms with Crippen LogP contribution in [0.25, 0.3) is 0 Å². The van der Waals surface area contributed by atoms with Gasteiger partial charge in [-0.25, -0.2) is 4.98 Å². The zero-order valence-electron chi connectivity index (χ0n) is 17.4. The summed E-state index contributed by atoms with van der Waals surface area (Å²) in [5, 5.41) is 6.59. The summed E-state index contributed by atoms with van der Waals surface area (Å²) in [5.74, 6) is 3.65. The zero-order valence-corrected chi connectivity index (χ0v) is 17.4. The highest BCUT2D eigenvalue weighted by molar-refractivity contribution is 5.79. The van der Waals surface area contributed by atoms with Gasteiger partial charge in [0.2, 0.25) is 5.88 Å². The van der Waals surface area contributed by atoms with E-state index >= 15 is 0 Å². The van der Waals surface area contributed by atoms with Crippen LogP contribution in [-0.2, 0) is 6.54 Å². The molecule has 3 rings (SSSR count). The van der Waals surface area contributed by atoms with Crippen molar-refractivity contribution in [2.75, 3.05) is 27.3 Å². The number of aliphatic imine (C=N–C) groups is 1. The average Bonchev–Trinajstić information content (AvgIpc) is 3.57. The van der Waals surface area contributed by atoms with E-state index in [2.05, 4.69) is 20.6 Å². The third-order valence-electron chi connectivity index (χ3n) is 4.58. The molecule has 7 nitrogen and oxygen atoms in total. The highest BCUT2D eigenvalue weighted by Gasteiger charge is 2.22. The van der Waals surface area contributed by atoms with Crippen molar-refractivity contribution in [3.63, 3.8) is 0 Å². The SMILES string of the molecule is CN=C(NCc1ccnc(OCC2CC2)c1)NCC(C)Oc1cccc(OC)c1. The number of guanidine groups is 1. The van der Waals surface area contributed by atoms with Crippen molar-refractivity contribution in [2.45, 2.75) is 32.4 Å². The Balaban J connectivity index is 1.42. The summed E-state index contributed by atoms with van der Waals surface area (Å²) in [7, 11) is 3.39. The second kappa shape index (κ2) is 10.5. The number of hydrogen-bond acceptors (Lipinski definition) is 5. The molecular weight excluding hydrogens is 368 g/mol. The molecule has 1 aromatic heterocycles. The van der Waals surface area contributed by atoms with Gasteiger partial charge in [0.25, 0.3) is 0 Å². The summed E-state index contributed by atoms with van der Waals surface area (Å²) < 4.78 is 16.9. The van der Waals surface area contributed by atoms with E-state index < -0.39 is 0 Å². The molecule has 1 unspecified atom stereocenters. The van der Waals surface area contributed by atoms with E-state index in [9.17, 15) is 0 Å². The molecular formula is C22H30N4O3. The Morgan fingerprint density at radius 1 is 1.21 bits per heavy atom. The van der Waals surface area contributed by atoms with Crippen LogP contribution in [0.3, 0.4) is 0 Å². The lowest BCUT2D eigenvalue weighted by molar-refractivity contribution is 0.223. The molecule has 7 heteroatoms. The molecule has 29 heavy (non-hydrogen) atoms. The smallest absolute Gasteiger partial charge is 0.213 e. The summed E-state index contributed by atoms with van der Waals surface area (Å²) in [6, 6.07) is 11.5. The summed E-state index contributed by atoms with van der Waals surface area (Å²) in [5.41, 5.74) is 1.09. The Labute approximate surface area is 172 Å². The first-order valence-electron chi connectivity index (χ1n) is 9.99. The molecule has 0 amide bonds. The van der Waals surface area contributed by atoms with E-state index in [1.165, 1.54) is 12.8 Å². The highest BCUT2D eigenvalue weighted by Crippen LogP contribution is 2.29. The molecule has 1 aliphatic rings. The Kier molecular flexibility index (Phi) is 7.55. The molecule has 0 bridgehead atoms. The topological polar surface area (TPSA) is 77.0 Å². The normalized spacial score (nSPS) is 14.8. The Hall–Kier alpha value is -2.96. The van der Waals surface area contributed by atoms with Gasteiger partial charge in [-0.05, 0) is 49.4 Å². The third-order valence-corrected chi connectivity index (χ3v) is 4.58. The molecule has 1 saturated carbocycles. The molecule has 156 valence electrons. The van der Waals surface area contributed by atoms with Crippen LogP contribution in [0.15, 0.2) is 47.6 Å². The number of nitrogens with zero attached hydrogens (tertiary/aromatic N) is 2. The second-order valence-corrected chi connectivity index (χ2v) is 7.17. The van der Waals surface area contributed by atoms with Crippen LogP contribution >= 0.6 is 0 Å². The molecule has 1 aliphatic carbocycles. The van der Waals surface area contributed by atoms with E-state index in [-0.39, 0.29) is 6.10 Å². The maximum atomic E-state index is 5.93. The summed E-state index contributed by atoms with van der Waals surface area (Å²) >= 11 is 0. The van der Waals surface area contributed by atoms with E-state index in [1.807, 2.05) is 43.3 Å². The highest BCUT2D eigenvalue weighted by atomic mass is 16.5. The van der Waals surface area contributed by atoms with Crippen molar-refractivity contribution < 1.29 is 14.2 Å². The van der Waals surface area contributed by atoms with Crippen LogP contribution in [0.1, 0.15) is 25.3 Å². The monoisotopic (exact) mass is 398 g/mol. The zero-order chi connectivity index (χ0) is 20.5. The molecule has 1 fully saturated rings. The number of methoxy groups -OCH3 is 1. The third kappa shape index (κ3) is 7.18. The molecule has 1 heterocycles. The van der Waals surface area contributed by atoms with Gasteiger partial charge >= 0.3 is 0 Å². The fraction of sp³-hybridized carbons (Fsp3) is 0.455. The summed E-state index contributed by atoms with van der Waals surface area (Å²) in [6.07, 6.45) is 4.27. The van der Waals surface area contributed by atoms with Crippen molar-refractivity contribution in [1.82, 2.24) is 15.6 Å². The first kappa shape index (κ1) is 20.8. The molecule has 0 saturated heterocycles. The van der Waals surface area contributed by atoms with Gasteiger partial charge in [-0.1, -0.05) is 6.07 Å². The number of rotatable bonds is 10. The first-order valence-corrected chi connectivity index (χ1v) is 9.99. The van der Waals surface area contributed by atoms with E-state index in [4.69, 9.17) is 14.2 Å². The minimum atomic E-state index is -0.0380. The first-order chi connectivity index (χ1) is 14.2. The van der Waals surface area contributed by atoms with Crippen molar-refractivity contribution in [2.24, 2.45) is 10.9 Å². The van der Waals surface area contributed by atoms with Gasteiger partial charge in [-0.2, -0.15) is 0 Å². The molecule has 0 radical (unpaired) electrons. The molecule has 0 aliphatic heterocycles. The molecule has 0 spiro atoms. The van der Waals surface area contributed by atoms with Crippen molar-refractivity contribution in [1.29, 1.82) is 0 Å². The quantitative estimate of drug-likeness (QED) is 0.473. The van der Waals surface area contributed by atoms with Crippen LogP contribution in [0.2, 0.25) is 0 Å². The van der Waals surface area contributed by atoms with Crippen molar-refractivity contribution in [3.05, 3.63) is 48.2 Å². The lowest BCUT2D eigenvalue weighted by atomic mass is 10.2. The van der Waals surface area contributed by atoms with Crippen LogP contribution in [0.4, 0.5) is 0 Å². The minimum Gasteiger partial charge on any atom is -0.497 e. The molecule has 1 atom stereocenters. The van der Waals surface area contributed by atoms with Gasteiger partial charge in [-0.3, -0.25) is 4.99 Å². The van der Waals surface area contributed by atoms with Gasteiger partial charge in [0.05, 0.1) is 20.3 Å². The maximum Gasteiger partial charge on any atom is 0.213 e. The Morgan fingerprint density at radius 2 is 2.03 bits per heavy atom. The van der Waals surface area contributed by atoms with Gasteiger partial charge in [-0.15, -0.1) is 0 Å².